The fourth-order valence-corrected chi connectivity index (χ4v) is 3.59. The summed E-state index contributed by atoms with van der Waals surface area (Å²) in [4.78, 5) is 29.5. The van der Waals surface area contributed by atoms with Crippen LogP contribution in [-0.4, -0.2) is 30.5 Å². The number of H-pyrrole nitrogens is 1. The molecule has 0 atom stereocenters. The van der Waals surface area contributed by atoms with E-state index in [2.05, 4.69) is 4.98 Å². The second kappa shape index (κ2) is 7.17. The molecule has 0 spiro atoms. The monoisotopic (exact) mass is 343 g/mol. The predicted octanol–water partition coefficient (Wildman–Crippen LogP) is 3.47. The number of carbonyl (C=O) groups is 2. The number of nitrogens with one attached hydrogen (secondary N) is 1. The molecule has 0 saturated heterocycles. The van der Waals surface area contributed by atoms with Gasteiger partial charge in [0, 0.05) is 29.6 Å². The van der Waals surface area contributed by atoms with E-state index < -0.39 is 5.97 Å². The first-order valence-electron chi connectivity index (χ1n) is 8.88. The average molecular weight is 343 g/mol. The summed E-state index contributed by atoms with van der Waals surface area (Å²) in [7, 11) is 1.80. The van der Waals surface area contributed by atoms with Crippen molar-refractivity contribution in [1.29, 1.82) is 0 Å². The fourth-order valence-electron chi connectivity index (χ4n) is 3.59. The lowest BCUT2D eigenvalue weighted by Crippen LogP contribution is -2.33. The molecule has 1 heterocycles. The number of hydrogen-bond acceptors (Lipinski definition) is 4. The lowest BCUT2D eigenvalue weighted by atomic mass is 9.88. The van der Waals surface area contributed by atoms with Gasteiger partial charge in [0.25, 0.3) is 0 Å². The number of fused-ring (bicyclic) bond motifs is 1. The molecule has 1 aromatic carbocycles. The number of anilines is 2. The number of aromatic nitrogens is 1. The minimum Gasteiger partial charge on any atom is -0.462 e. The van der Waals surface area contributed by atoms with Gasteiger partial charge < -0.3 is 20.4 Å². The van der Waals surface area contributed by atoms with Gasteiger partial charge in [-0.1, -0.05) is 19.3 Å². The zero-order valence-corrected chi connectivity index (χ0v) is 14.8. The number of amides is 1. The summed E-state index contributed by atoms with van der Waals surface area (Å²) in [5, 5.41) is 0.707. The molecule has 0 unspecified atom stereocenters. The molecule has 3 N–H and O–H groups in total. The Balaban J connectivity index is 1.88. The van der Waals surface area contributed by atoms with Crippen LogP contribution in [0.4, 0.5) is 11.5 Å². The van der Waals surface area contributed by atoms with Gasteiger partial charge in [-0.25, -0.2) is 4.79 Å². The number of rotatable bonds is 4. The van der Waals surface area contributed by atoms with Crippen LogP contribution in [0, 0.1) is 5.92 Å². The molecule has 134 valence electrons. The normalized spacial score (nSPS) is 15.3. The van der Waals surface area contributed by atoms with Gasteiger partial charge in [0.05, 0.1) is 6.61 Å². The Morgan fingerprint density at radius 3 is 2.68 bits per heavy atom. The summed E-state index contributed by atoms with van der Waals surface area (Å²) in [6.45, 7) is 2.05. The number of ether oxygens (including phenoxy) is 1. The van der Waals surface area contributed by atoms with Crippen molar-refractivity contribution in [2.75, 3.05) is 24.3 Å². The second-order valence-corrected chi connectivity index (χ2v) is 6.60. The van der Waals surface area contributed by atoms with Crippen molar-refractivity contribution in [3.63, 3.8) is 0 Å². The van der Waals surface area contributed by atoms with E-state index in [0.29, 0.717) is 17.6 Å². The Hall–Kier alpha value is -2.50. The molecule has 0 aliphatic heterocycles. The zero-order chi connectivity index (χ0) is 18.0. The number of hydrogen-bond donors (Lipinski definition) is 2. The topological polar surface area (TPSA) is 88.4 Å². The summed E-state index contributed by atoms with van der Waals surface area (Å²) in [5.74, 6) is 0.111. The van der Waals surface area contributed by atoms with E-state index in [4.69, 9.17) is 10.5 Å². The van der Waals surface area contributed by atoms with E-state index in [1.807, 2.05) is 18.2 Å². The summed E-state index contributed by atoms with van der Waals surface area (Å²) >= 11 is 0. The Bertz CT molecular complexity index is 791. The summed E-state index contributed by atoms with van der Waals surface area (Å²) in [5.41, 5.74) is 7.82. The van der Waals surface area contributed by atoms with Gasteiger partial charge in [-0.05, 0) is 38.0 Å². The molecular weight excluding hydrogens is 318 g/mol. The van der Waals surface area contributed by atoms with E-state index in [-0.39, 0.29) is 17.6 Å². The highest BCUT2D eigenvalue weighted by Crippen LogP contribution is 2.31. The summed E-state index contributed by atoms with van der Waals surface area (Å²) in [6, 6.07) is 5.52. The first-order valence-corrected chi connectivity index (χ1v) is 8.88. The molecule has 1 fully saturated rings. The Morgan fingerprint density at radius 1 is 1.28 bits per heavy atom. The highest BCUT2D eigenvalue weighted by molar-refractivity contribution is 6.10. The minimum absolute atomic E-state index is 0.109. The van der Waals surface area contributed by atoms with E-state index >= 15 is 0 Å². The van der Waals surface area contributed by atoms with Crippen molar-refractivity contribution in [2.24, 2.45) is 5.92 Å². The Labute approximate surface area is 147 Å². The largest absolute Gasteiger partial charge is 0.462 e. The van der Waals surface area contributed by atoms with Crippen molar-refractivity contribution >= 4 is 34.3 Å². The van der Waals surface area contributed by atoms with Crippen molar-refractivity contribution in [2.45, 2.75) is 39.0 Å². The van der Waals surface area contributed by atoms with Crippen LogP contribution in [0.3, 0.4) is 0 Å². The van der Waals surface area contributed by atoms with E-state index in [0.717, 1.165) is 36.9 Å². The van der Waals surface area contributed by atoms with Crippen LogP contribution >= 0.6 is 0 Å². The van der Waals surface area contributed by atoms with Crippen LogP contribution in [0.2, 0.25) is 0 Å². The fraction of sp³-hybridized carbons (Fsp3) is 0.474. The molecule has 1 aliphatic carbocycles. The van der Waals surface area contributed by atoms with Gasteiger partial charge in [-0.3, -0.25) is 4.79 Å². The molecule has 6 heteroatoms. The molecule has 1 saturated carbocycles. The molecule has 6 nitrogen and oxygen atoms in total. The average Bonchev–Trinajstić information content (AvgIpc) is 2.96. The first-order chi connectivity index (χ1) is 12.0. The van der Waals surface area contributed by atoms with Crippen LogP contribution in [0.15, 0.2) is 18.2 Å². The maximum Gasteiger partial charge on any atom is 0.342 e. The lowest BCUT2D eigenvalue weighted by molar-refractivity contribution is -0.123. The Kier molecular flexibility index (Phi) is 4.97. The number of aromatic amines is 1. The smallest absolute Gasteiger partial charge is 0.342 e. The summed E-state index contributed by atoms with van der Waals surface area (Å²) in [6.07, 6.45) is 5.40. The third-order valence-corrected chi connectivity index (χ3v) is 4.96. The lowest BCUT2D eigenvalue weighted by Gasteiger charge is -2.26. The molecule has 0 bridgehead atoms. The highest BCUT2D eigenvalue weighted by atomic mass is 16.5. The van der Waals surface area contributed by atoms with Crippen LogP contribution in [0.5, 0.6) is 0 Å². The van der Waals surface area contributed by atoms with Gasteiger partial charge in [-0.15, -0.1) is 0 Å². The molecule has 3 rings (SSSR count). The van der Waals surface area contributed by atoms with Crippen molar-refractivity contribution in [1.82, 2.24) is 4.98 Å². The number of nitrogens with two attached hydrogens (primary N) is 1. The molecule has 0 radical (unpaired) electrons. The Morgan fingerprint density at radius 2 is 2.00 bits per heavy atom. The van der Waals surface area contributed by atoms with Crippen LogP contribution in [-0.2, 0) is 9.53 Å². The molecular formula is C19H25N3O3. The highest BCUT2D eigenvalue weighted by Gasteiger charge is 2.25. The first kappa shape index (κ1) is 17.3. The molecule has 2 aromatic rings. The van der Waals surface area contributed by atoms with Crippen LogP contribution in [0.25, 0.3) is 10.9 Å². The molecule has 25 heavy (non-hydrogen) atoms. The number of nitrogen functional groups attached to an aromatic ring is 1. The maximum atomic E-state index is 12.7. The van der Waals surface area contributed by atoms with Crippen molar-refractivity contribution < 1.29 is 14.3 Å². The van der Waals surface area contributed by atoms with Gasteiger partial charge >= 0.3 is 5.97 Å². The zero-order valence-electron chi connectivity index (χ0n) is 14.8. The number of nitrogens with zero attached hydrogens (tertiary/aromatic N) is 1. The standard InChI is InChI=1S/C19H25N3O3/c1-3-25-19(24)16-14-10-9-13(11-15(14)21-17(16)20)22(2)18(23)12-7-5-4-6-8-12/h9-12,21H,3-8,20H2,1-2H3. The SMILES string of the molecule is CCOC(=O)c1c(N)[nH]c2cc(N(C)C(=O)C3CCCCC3)ccc12. The van der Waals surface area contributed by atoms with Gasteiger partial charge in [0.2, 0.25) is 5.91 Å². The third-order valence-electron chi connectivity index (χ3n) is 4.96. The van der Waals surface area contributed by atoms with Crippen molar-refractivity contribution in [3.8, 4) is 0 Å². The number of esters is 1. The van der Waals surface area contributed by atoms with Crippen LogP contribution < -0.4 is 10.6 Å². The molecule has 1 amide bonds. The minimum atomic E-state index is -0.439. The molecule has 1 aromatic heterocycles. The van der Waals surface area contributed by atoms with Crippen molar-refractivity contribution in [3.05, 3.63) is 23.8 Å². The van der Waals surface area contributed by atoms with E-state index in [1.54, 1.807) is 18.9 Å². The van der Waals surface area contributed by atoms with Gasteiger partial charge in [-0.2, -0.15) is 0 Å². The summed E-state index contributed by atoms with van der Waals surface area (Å²) < 4.78 is 5.07. The van der Waals surface area contributed by atoms with Crippen LogP contribution in [0.1, 0.15) is 49.4 Å². The predicted molar refractivity (Wildman–Crippen MR) is 98.7 cm³/mol. The third kappa shape index (κ3) is 3.34. The van der Waals surface area contributed by atoms with Gasteiger partial charge in [0.1, 0.15) is 11.4 Å². The maximum absolute atomic E-state index is 12.7. The van der Waals surface area contributed by atoms with E-state index in [1.165, 1.54) is 6.42 Å². The quantitative estimate of drug-likeness (QED) is 0.832. The second-order valence-electron chi connectivity index (χ2n) is 6.60. The van der Waals surface area contributed by atoms with Gasteiger partial charge in [0.15, 0.2) is 0 Å². The van der Waals surface area contributed by atoms with E-state index in [9.17, 15) is 9.59 Å². The molecule has 1 aliphatic rings. The number of carbonyl (C=O) groups excluding carboxylic acids is 2. The number of benzene rings is 1.